The molecule has 180 valence electrons. The fourth-order valence-corrected chi connectivity index (χ4v) is 3.52. The van der Waals surface area contributed by atoms with Crippen molar-refractivity contribution in [1.82, 2.24) is 9.88 Å². The fraction of sp³-hybridized carbons (Fsp3) is 0.192. The van der Waals surface area contributed by atoms with Crippen LogP contribution in [0, 0.1) is 0 Å². The van der Waals surface area contributed by atoms with Gasteiger partial charge in [-0.05, 0) is 29.7 Å². The first-order valence-electron chi connectivity index (χ1n) is 11.0. The molecular weight excluding hydrogens is 450 g/mol. The number of nitrogens with one attached hydrogen (secondary N) is 2. The Balaban J connectivity index is 1.83. The molecule has 0 saturated carbocycles. The molecule has 0 saturated heterocycles. The van der Waals surface area contributed by atoms with E-state index in [-0.39, 0.29) is 18.0 Å². The zero-order chi connectivity index (χ0) is 25.2. The third kappa shape index (κ3) is 7.23. The Kier molecular flexibility index (Phi) is 8.66. The predicted molar refractivity (Wildman–Crippen MR) is 130 cm³/mol. The molecule has 3 N–H and O–H groups in total. The van der Waals surface area contributed by atoms with Gasteiger partial charge < -0.3 is 20.5 Å². The van der Waals surface area contributed by atoms with E-state index in [1.165, 1.54) is 10.6 Å². The lowest BCUT2D eigenvalue weighted by molar-refractivity contribution is -0.138. The van der Waals surface area contributed by atoms with Crippen LogP contribution in [0.1, 0.15) is 18.4 Å². The van der Waals surface area contributed by atoms with Crippen molar-refractivity contribution in [2.24, 2.45) is 0 Å². The summed E-state index contributed by atoms with van der Waals surface area (Å²) in [5.41, 5.74) is 1.48. The molecule has 1 aromatic heterocycles. The number of pyridine rings is 1. The molecule has 3 aromatic rings. The zero-order valence-corrected chi connectivity index (χ0v) is 18.8. The predicted octanol–water partition coefficient (Wildman–Crippen LogP) is 2.24. The van der Waals surface area contributed by atoms with Gasteiger partial charge in [0.1, 0.15) is 18.5 Å². The summed E-state index contributed by atoms with van der Waals surface area (Å²) in [6.45, 7) is -0.471. The second-order valence-corrected chi connectivity index (χ2v) is 7.83. The van der Waals surface area contributed by atoms with Crippen molar-refractivity contribution in [3.05, 3.63) is 88.7 Å². The summed E-state index contributed by atoms with van der Waals surface area (Å²) in [6, 6.07) is 20.2. The molecule has 0 aliphatic rings. The van der Waals surface area contributed by atoms with Gasteiger partial charge in [-0.25, -0.2) is 0 Å². The molecule has 2 aromatic carbocycles. The van der Waals surface area contributed by atoms with Crippen molar-refractivity contribution >= 4 is 29.8 Å². The van der Waals surface area contributed by atoms with Crippen LogP contribution in [0.4, 0.5) is 5.69 Å². The summed E-state index contributed by atoms with van der Waals surface area (Å²) in [5, 5.41) is 13.8. The van der Waals surface area contributed by atoms with Crippen molar-refractivity contribution in [1.29, 1.82) is 0 Å². The molecule has 0 bridgehead atoms. The summed E-state index contributed by atoms with van der Waals surface area (Å²) in [4.78, 5) is 60.3. The van der Waals surface area contributed by atoms with Gasteiger partial charge in [0.25, 0.3) is 5.56 Å². The lowest BCUT2D eigenvalue weighted by atomic mass is 10.1. The van der Waals surface area contributed by atoms with E-state index in [2.05, 4.69) is 10.6 Å². The van der Waals surface area contributed by atoms with Crippen LogP contribution in [0.5, 0.6) is 0 Å². The number of aromatic nitrogens is 1. The molecule has 0 aliphatic carbocycles. The first-order chi connectivity index (χ1) is 16.9. The Morgan fingerprint density at radius 2 is 1.57 bits per heavy atom. The number of aliphatic carboxylic acids is 1. The Morgan fingerprint density at radius 3 is 2.20 bits per heavy atom. The first-order valence-corrected chi connectivity index (χ1v) is 11.0. The average molecular weight is 476 g/mol. The second kappa shape index (κ2) is 12.1. The lowest BCUT2D eigenvalue weighted by Gasteiger charge is -2.17. The van der Waals surface area contributed by atoms with E-state index < -0.39 is 36.4 Å². The number of carbonyl (C=O) groups is 4. The van der Waals surface area contributed by atoms with Gasteiger partial charge in [-0.3, -0.25) is 23.7 Å². The molecule has 1 atom stereocenters. The van der Waals surface area contributed by atoms with Gasteiger partial charge in [-0.1, -0.05) is 60.7 Å². The van der Waals surface area contributed by atoms with Crippen LogP contribution >= 0.6 is 0 Å². The number of rotatable bonds is 11. The van der Waals surface area contributed by atoms with Crippen molar-refractivity contribution in [3.63, 3.8) is 0 Å². The summed E-state index contributed by atoms with van der Waals surface area (Å²) in [6.07, 6.45) is 0.423. The molecule has 9 nitrogen and oxygen atoms in total. The maximum atomic E-state index is 13.2. The number of nitrogens with zero attached hydrogens (tertiary/aromatic N) is 1. The largest absolute Gasteiger partial charge is 0.481 e. The van der Waals surface area contributed by atoms with Crippen LogP contribution in [0.2, 0.25) is 0 Å². The minimum absolute atomic E-state index is 0.00742. The topological polar surface area (TPSA) is 135 Å². The van der Waals surface area contributed by atoms with Crippen LogP contribution in [-0.2, 0) is 32.1 Å². The summed E-state index contributed by atoms with van der Waals surface area (Å²) >= 11 is 0. The van der Waals surface area contributed by atoms with Gasteiger partial charge in [-0.2, -0.15) is 0 Å². The van der Waals surface area contributed by atoms with E-state index >= 15 is 0 Å². The van der Waals surface area contributed by atoms with E-state index in [4.69, 9.17) is 5.11 Å². The minimum Gasteiger partial charge on any atom is -0.481 e. The highest BCUT2D eigenvalue weighted by atomic mass is 16.4. The number of benzene rings is 2. The molecule has 2 amide bonds. The molecule has 3 rings (SSSR count). The van der Waals surface area contributed by atoms with Crippen molar-refractivity contribution in [2.75, 3.05) is 5.32 Å². The Morgan fingerprint density at radius 1 is 0.914 bits per heavy atom. The van der Waals surface area contributed by atoms with Crippen molar-refractivity contribution in [2.45, 2.75) is 31.8 Å². The van der Waals surface area contributed by atoms with E-state index in [9.17, 15) is 24.0 Å². The summed E-state index contributed by atoms with van der Waals surface area (Å²) in [7, 11) is 0. The standard InChI is InChI=1S/C26H25N3O6/c30-17-20(15-25(33)34)27-24(32)16-29-22(19-9-5-2-6-10-19)13-12-21(26(29)35)28-23(31)14-11-18-7-3-1-4-8-18/h1-10,12-13,17,20H,11,14-16H2,(H,27,32)(H,28,31)(H,33,34)/t20-/m0/s1. The second-order valence-electron chi connectivity index (χ2n) is 7.83. The third-order valence-corrected chi connectivity index (χ3v) is 5.21. The quantitative estimate of drug-likeness (QED) is 0.364. The highest BCUT2D eigenvalue weighted by molar-refractivity contribution is 5.91. The molecule has 0 radical (unpaired) electrons. The summed E-state index contributed by atoms with van der Waals surface area (Å²) < 4.78 is 1.18. The van der Waals surface area contributed by atoms with Gasteiger partial charge in [0, 0.05) is 6.42 Å². The SMILES string of the molecule is O=C[C@H](CC(=O)O)NC(=O)Cn1c(-c2ccccc2)ccc(NC(=O)CCc2ccccc2)c1=O. The third-order valence-electron chi connectivity index (χ3n) is 5.21. The number of hydrogen-bond donors (Lipinski definition) is 3. The van der Waals surface area contributed by atoms with Gasteiger partial charge in [0.15, 0.2) is 0 Å². The first kappa shape index (κ1) is 25.1. The highest BCUT2D eigenvalue weighted by Crippen LogP contribution is 2.19. The minimum atomic E-state index is -1.25. The monoisotopic (exact) mass is 475 g/mol. The maximum absolute atomic E-state index is 13.2. The van der Waals surface area contributed by atoms with Crippen LogP contribution in [-0.4, -0.2) is 39.8 Å². The van der Waals surface area contributed by atoms with Gasteiger partial charge >= 0.3 is 5.97 Å². The molecule has 9 heteroatoms. The molecule has 0 spiro atoms. The Bertz CT molecular complexity index is 1260. The zero-order valence-electron chi connectivity index (χ0n) is 18.8. The number of carbonyl (C=O) groups excluding carboxylic acids is 3. The molecule has 0 fully saturated rings. The molecule has 0 unspecified atom stereocenters. The normalized spacial score (nSPS) is 11.3. The Hall–Kier alpha value is -4.53. The number of aryl methyl sites for hydroxylation is 1. The van der Waals surface area contributed by atoms with E-state index in [0.717, 1.165) is 5.56 Å². The maximum Gasteiger partial charge on any atom is 0.305 e. The van der Waals surface area contributed by atoms with Gasteiger partial charge in [-0.15, -0.1) is 0 Å². The number of carboxylic acids is 1. The van der Waals surface area contributed by atoms with E-state index in [0.29, 0.717) is 24.0 Å². The molecule has 1 heterocycles. The van der Waals surface area contributed by atoms with Crippen LogP contribution in [0.25, 0.3) is 11.3 Å². The molecule has 0 aliphatic heterocycles. The number of carboxylic acid groups (broad SMARTS) is 1. The molecule has 35 heavy (non-hydrogen) atoms. The fourth-order valence-electron chi connectivity index (χ4n) is 3.52. The van der Waals surface area contributed by atoms with E-state index in [1.54, 1.807) is 36.4 Å². The van der Waals surface area contributed by atoms with Crippen molar-refractivity contribution in [3.8, 4) is 11.3 Å². The van der Waals surface area contributed by atoms with Crippen LogP contribution < -0.4 is 16.2 Å². The number of aldehydes is 1. The lowest BCUT2D eigenvalue weighted by Crippen LogP contribution is -2.41. The van der Waals surface area contributed by atoms with Crippen molar-refractivity contribution < 1.29 is 24.3 Å². The highest BCUT2D eigenvalue weighted by Gasteiger charge is 2.19. The average Bonchev–Trinajstić information content (AvgIpc) is 2.85. The number of amides is 2. The van der Waals surface area contributed by atoms with Crippen LogP contribution in [0.15, 0.2) is 77.6 Å². The number of hydrogen-bond acceptors (Lipinski definition) is 5. The molecular formula is C26H25N3O6. The van der Waals surface area contributed by atoms with Crippen LogP contribution in [0.3, 0.4) is 0 Å². The summed E-state index contributed by atoms with van der Waals surface area (Å²) in [5.74, 6) is -2.31. The number of anilines is 1. The van der Waals surface area contributed by atoms with E-state index in [1.807, 2.05) is 30.3 Å². The Labute approximate surface area is 201 Å². The van der Waals surface area contributed by atoms with Gasteiger partial charge in [0.05, 0.1) is 18.2 Å². The van der Waals surface area contributed by atoms with Gasteiger partial charge in [0.2, 0.25) is 11.8 Å². The smallest absolute Gasteiger partial charge is 0.305 e.